The molecule has 0 aromatic heterocycles. The summed E-state index contributed by atoms with van der Waals surface area (Å²) < 4.78 is 5.05. The minimum Gasteiger partial charge on any atom is -0.497 e. The van der Waals surface area contributed by atoms with Crippen LogP contribution in [0.1, 0.15) is 5.56 Å². The number of anilines is 2. The minimum absolute atomic E-state index is 0.241. The van der Waals surface area contributed by atoms with E-state index in [1.165, 1.54) is 24.1 Å². The van der Waals surface area contributed by atoms with E-state index in [2.05, 4.69) is 0 Å². The van der Waals surface area contributed by atoms with Crippen LogP contribution in [0.2, 0.25) is 0 Å². The molecule has 5 amide bonds. The number of methoxy groups -OCH3 is 1. The molecule has 0 aliphatic carbocycles. The normalized spacial score (nSPS) is 16.0. The number of ether oxygens (including phenoxy) is 1. The monoisotopic (exact) mass is 379 g/mol. The maximum absolute atomic E-state index is 12.7. The number of nitrogens with zero attached hydrogens (tertiary/aromatic N) is 3. The molecule has 0 unspecified atom stereocenters. The Hall–Kier alpha value is -3.68. The first-order valence-corrected chi connectivity index (χ1v) is 8.73. The van der Waals surface area contributed by atoms with Crippen LogP contribution in [-0.2, 0) is 20.8 Å². The van der Waals surface area contributed by atoms with Crippen LogP contribution < -0.4 is 14.5 Å². The topological polar surface area (TPSA) is 87.2 Å². The number of amides is 5. The number of hydrogen-bond donors (Lipinski definition) is 0. The second-order valence-corrected chi connectivity index (χ2v) is 6.44. The fourth-order valence-electron chi connectivity index (χ4n) is 3.42. The van der Waals surface area contributed by atoms with Gasteiger partial charge in [-0.15, -0.1) is 0 Å². The van der Waals surface area contributed by atoms with Crippen molar-refractivity contribution < 1.29 is 23.9 Å². The second kappa shape index (κ2) is 6.80. The number of para-hydroxylation sites is 1. The van der Waals surface area contributed by atoms with Crippen LogP contribution in [0, 0.1) is 0 Å². The molecule has 1 fully saturated rings. The van der Waals surface area contributed by atoms with E-state index in [1.54, 1.807) is 12.1 Å². The van der Waals surface area contributed by atoms with Gasteiger partial charge in [0.25, 0.3) is 0 Å². The van der Waals surface area contributed by atoms with E-state index in [9.17, 15) is 19.2 Å². The van der Waals surface area contributed by atoms with Gasteiger partial charge >= 0.3 is 17.8 Å². The van der Waals surface area contributed by atoms with Crippen molar-refractivity contribution in [3.8, 4) is 5.75 Å². The quantitative estimate of drug-likeness (QED) is 0.595. The van der Waals surface area contributed by atoms with Crippen LogP contribution in [0.3, 0.4) is 0 Å². The molecule has 2 aliphatic rings. The zero-order valence-electron chi connectivity index (χ0n) is 15.1. The third-order valence-electron chi connectivity index (χ3n) is 4.87. The molecule has 0 bridgehead atoms. The summed E-state index contributed by atoms with van der Waals surface area (Å²) in [6, 6.07) is 12.8. The van der Waals surface area contributed by atoms with Gasteiger partial charge in [0.2, 0.25) is 5.91 Å². The summed E-state index contributed by atoms with van der Waals surface area (Å²) in [7, 11) is 1.49. The smallest absolute Gasteiger partial charge is 0.339 e. The predicted molar refractivity (Wildman–Crippen MR) is 100 cm³/mol. The molecule has 2 heterocycles. The molecule has 8 nitrogen and oxygen atoms in total. The molecule has 4 rings (SSSR count). The molecule has 8 heteroatoms. The van der Waals surface area contributed by atoms with Crippen molar-refractivity contribution >= 4 is 35.1 Å². The Bertz CT molecular complexity index is 986. The van der Waals surface area contributed by atoms with Crippen molar-refractivity contribution in [1.29, 1.82) is 0 Å². The molecule has 0 spiro atoms. The molecule has 1 saturated heterocycles. The SMILES string of the molecule is COc1ccc(N2C(=O)C(=O)N(CC(=O)N3CCc4ccccc43)C2=O)cc1. The molecule has 0 N–H and O–H groups in total. The first-order chi connectivity index (χ1) is 13.5. The lowest BCUT2D eigenvalue weighted by Gasteiger charge is -2.20. The van der Waals surface area contributed by atoms with Gasteiger partial charge in [-0.25, -0.2) is 14.6 Å². The van der Waals surface area contributed by atoms with Gasteiger partial charge in [0.15, 0.2) is 0 Å². The summed E-state index contributed by atoms with van der Waals surface area (Å²) in [5, 5.41) is 0. The van der Waals surface area contributed by atoms with Crippen molar-refractivity contribution in [2.75, 3.05) is 30.0 Å². The first kappa shape index (κ1) is 17.7. The molecule has 2 aliphatic heterocycles. The molecular formula is C20H17N3O5. The average molecular weight is 379 g/mol. The summed E-state index contributed by atoms with van der Waals surface area (Å²) >= 11 is 0. The maximum atomic E-state index is 12.7. The van der Waals surface area contributed by atoms with Crippen molar-refractivity contribution in [2.45, 2.75) is 6.42 Å². The van der Waals surface area contributed by atoms with Gasteiger partial charge in [-0.05, 0) is 42.3 Å². The average Bonchev–Trinajstić information content (AvgIpc) is 3.23. The first-order valence-electron chi connectivity index (χ1n) is 8.73. The molecule has 2 aromatic rings. The summed E-state index contributed by atoms with van der Waals surface area (Å²) in [6.07, 6.45) is 0.709. The van der Waals surface area contributed by atoms with E-state index in [-0.39, 0.29) is 5.69 Å². The Morgan fingerprint density at radius 3 is 2.43 bits per heavy atom. The molecule has 2 aromatic carbocycles. The molecule has 142 valence electrons. The molecule has 0 radical (unpaired) electrons. The van der Waals surface area contributed by atoms with Crippen LogP contribution in [0.4, 0.5) is 16.2 Å². The lowest BCUT2D eigenvalue weighted by molar-refractivity contribution is -0.140. The number of imide groups is 2. The van der Waals surface area contributed by atoms with Crippen molar-refractivity contribution in [3.63, 3.8) is 0 Å². The minimum atomic E-state index is -1.01. The highest BCUT2D eigenvalue weighted by Crippen LogP contribution is 2.29. The number of benzene rings is 2. The number of carbonyl (C=O) groups is 4. The summed E-state index contributed by atoms with van der Waals surface area (Å²) in [4.78, 5) is 53.1. The molecule has 0 saturated carbocycles. The highest BCUT2D eigenvalue weighted by molar-refractivity contribution is 6.53. The number of carbonyl (C=O) groups excluding carboxylic acids is 4. The van der Waals surface area contributed by atoms with Crippen LogP contribution >= 0.6 is 0 Å². The van der Waals surface area contributed by atoms with E-state index >= 15 is 0 Å². The van der Waals surface area contributed by atoms with Crippen LogP contribution in [0.5, 0.6) is 5.75 Å². The lowest BCUT2D eigenvalue weighted by Crippen LogP contribution is -2.43. The van der Waals surface area contributed by atoms with Crippen molar-refractivity contribution in [3.05, 3.63) is 54.1 Å². The largest absolute Gasteiger partial charge is 0.497 e. The Morgan fingerprint density at radius 1 is 1.00 bits per heavy atom. The maximum Gasteiger partial charge on any atom is 0.339 e. The van der Waals surface area contributed by atoms with E-state index < -0.39 is 30.3 Å². The van der Waals surface area contributed by atoms with Crippen LogP contribution in [0.15, 0.2) is 48.5 Å². The Balaban J connectivity index is 1.54. The molecule has 28 heavy (non-hydrogen) atoms. The summed E-state index contributed by atoms with van der Waals surface area (Å²) in [5.74, 6) is -1.85. The van der Waals surface area contributed by atoms with Gasteiger partial charge in [0.05, 0.1) is 12.8 Å². The summed E-state index contributed by atoms with van der Waals surface area (Å²) in [5.41, 5.74) is 2.04. The standard InChI is InChI=1S/C20H17N3O5/c1-28-15-8-6-14(7-9-15)23-19(26)18(25)22(20(23)27)12-17(24)21-11-10-13-4-2-3-5-16(13)21/h2-9H,10-12H2,1H3. The second-order valence-electron chi connectivity index (χ2n) is 6.44. The van der Waals surface area contributed by atoms with Gasteiger partial charge in [-0.1, -0.05) is 18.2 Å². The van der Waals surface area contributed by atoms with Gasteiger partial charge < -0.3 is 9.64 Å². The molecule has 0 atom stereocenters. The number of rotatable bonds is 4. The van der Waals surface area contributed by atoms with Gasteiger partial charge in [-0.2, -0.15) is 0 Å². The Kier molecular flexibility index (Phi) is 4.31. The number of fused-ring (bicyclic) bond motifs is 1. The van der Waals surface area contributed by atoms with E-state index in [0.717, 1.165) is 16.2 Å². The highest BCUT2D eigenvalue weighted by atomic mass is 16.5. The summed E-state index contributed by atoms with van der Waals surface area (Å²) in [6.45, 7) is -0.00502. The Labute approximate surface area is 160 Å². The fraction of sp³-hybridized carbons (Fsp3) is 0.200. The number of hydrogen-bond acceptors (Lipinski definition) is 5. The lowest BCUT2D eigenvalue weighted by atomic mass is 10.2. The van der Waals surface area contributed by atoms with E-state index in [0.29, 0.717) is 23.6 Å². The van der Waals surface area contributed by atoms with E-state index in [1.807, 2.05) is 24.3 Å². The Morgan fingerprint density at radius 2 is 1.71 bits per heavy atom. The third-order valence-corrected chi connectivity index (χ3v) is 4.87. The predicted octanol–water partition coefficient (Wildman–Crippen LogP) is 1.58. The van der Waals surface area contributed by atoms with Crippen molar-refractivity contribution in [1.82, 2.24) is 4.90 Å². The number of urea groups is 1. The zero-order valence-corrected chi connectivity index (χ0v) is 15.1. The highest BCUT2D eigenvalue weighted by Gasteiger charge is 2.46. The zero-order chi connectivity index (χ0) is 19.8. The van der Waals surface area contributed by atoms with Gasteiger partial charge in [0, 0.05) is 12.2 Å². The van der Waals surface area contributed by atoms with Crippen LogP contribution in [-0.4, -0.2) is 48.9 Å². The molecular weight excluding hydrogens is 362 g/mol. The fourth-order valence-corrected chi connectivity index (χ4v) is 3.42. The van der Waals surface area contributed by atoms with Gasteiger partial charge in [0.1, 0.15) is 12.3 Å². The third kappa shape index (κ3) is 2.79. The van der Waals surface area contributed by atoms with E-state index in [4.69, 9.17) is 4.74 Å². The van der Waals surface area contributed by atoms with Crippen molar-refractivity contribution in [2.24, 2.45) is 0 Å². The van der Waals surface area contributed by atoms with Gasteiger partial charge in [-0.3, -0.25) is 14.4 Å². The van der Waals surface area contributed by atoms with Crippen LogP contribution in [0.25, 0.3) is 0 Å².